The molecule has 0 aliphatic carbocycles. The normalized spacial score (nSPS) is 15.0. The topological polar surface area (TPSA) is 51.7 Å². The number of para-hydroxylation sites is 1. The predicted octanol–water partition coefficient (Wildman–Crippen LogP) is 6.80. The highest BCUT2D eigenvalue weighted by Gasteiger charge is 2.37. The average Bonchev–Trinajstić information content (AvgIpc) is 3.46. The maximum absolute atomic E-state index is 12.7. The molecule has 32 heavy (non-hydrogen) atoms. The van der Waals surface area contributed by atoms with Crippen molar-refractivity contribution in [1.29, 1.82) is 0 Å². The number of carbonyl (C=O) groups excluding carboxylic acids is 1. The Bertz CT molecular complexity index is 1040. The maximum atomic E-state index is 12.7. The number of thiazole rings is 1. The summed E-state index contributed by atoms with van der Waals surface area (Å²) in [5, 5.41) is 0.899. The second kappa shape index (κ2) is 9.74. The number of nitrogens with zero attached hydrogens (tertiary/aromatic N) is 2. The molecule has 4 rings (SSSR count). The number of hydrogen-bond acceptors (Lipinski definition) is 6. The van der Waals surface area contributed by atoms with E-state index in [4.69, 9.17) is 14.5 Å². The molecule has 0 saturated carbocycles. The Hall–Kier alpha value is -2.86. The van der Waals surface area contributed by atoms with Crippen molar-refractivity contribution in [3.63, 3.8) is 0 Å². The van der Waals surface area contributed by atoms with E-state index in [1.807, 2.05) is 61.5 Å². The van der Waals surface area contributed by atoms with Gasteiger partial charge >= 0.3 is 5.97 Å². The Kier molecular flexibility index (Phi) is 6.80. The fraction of sp³-hybridized carbons (Fsp3) is 0.385. The molecule has 0 spiro atoms. The van der Waals surface area contributed by atoms with Crippen LogP contribution in [0.4, 0.5) is 5.13 Å². The molecule has 0 unspecified atom stereocenters. The fourth-order valence-corrected chi connectivity index (χ4v) is 5.21. The van der Waals surface area contributed by atoms with Crippen molar-refractivity contribution in [1.82, 2.24) is 4.98 Å². The number of hydrogen-bond donors (Lipinski definition) is 0. The van der Waals surface area contributed by atoms with Crippen molar-refractivity contribution in [2.45, 2.75) is 40.0 Å². The van der Waals surface area contributed by atoms with E-state index in [0.29, 0.717) is 22.6 Å². The minimum Gasteiger partial charge on any atom is -0.462 e. The van der Waals surface area contributed by atoms with Crippen LogP contribution in [-0.4, -0.2) is 30.6 Å². The second-order valence-electron chi connectivity index (χ2n) is 8.21. The first kappa shape index (κ1) is 22.3. The van der Waals surface area contributed by atoms with Crippen LogP contribution in [0.1, 0.15) is 49.7 Å². The molecule has 2 heterocycles. The summed E-state index contributed by atoms with van der Waals surface area (Å²) >= 11 is 1.44. The number of carbonyl (C=O) groups is 1. The zero-order chi connectivity index (χ0) is 22.6. The Morgan fingerprint density at radius 2 is 1.72 bits per heavy atom. The first-order valence-electron chi connectivity index (χ1n) is 11.3. The largest absolute Gasteiger partial charge is 0.462 e. The van der Waals surface area contributed by atoms with Gasteiger partial charge in [0.15, 0.2) is 5.13 Å². The summed E-state index contributed by atoms with van der Waals surface area (Å²) < 4.78 is 11.2. The predicted molar refractivity (Wildman–Crippen MR) is 130 cm³/mol. The van der Waals surface area contributed by atoms with Gasteiger partial charge in [0.05, 0.1) is 12.3 Å². The first-order valence-corrected chi connectivity index (χ1v) is 12.2. The van der Waals surface area contributed by atoms with Gasteiger partial charge in [0.1, 0.15) is 16.4 Å². The summed E-state index contributed by atoms with van der Waals surface area (Å²) in [6, 6.07) is 17.4. The maximum Gasteiger partial charge on any atom is 0.350 e. The van der Waals surface area contributed by atoms with E-state index in [0.717, 1.165) is 54.5 Å². The lowest BCUT2D eigenvalue weighted by Gasteiger charge is -2.26. The third-order valence-corrected chi connectivity index (χ3v) is 7.49. The standard InChI is InChI=1S/C26H30N2O3S/c1-4-26(5-2)16-17-28(18-26)25-27-22(23(32-25)24(29)30-6-3)19-12-14-21(15-13-19)31-20-10-8-7-9-11-20/h7-15H,4-6,16-18H2,1-3H3. The molecule has 1 aliphatic rings. The zero-order valence-corrected chi connectivity index (χ0v) is 19.8. The van der Waals surface area contributed by atoms with Gasteiger partial charge in [-0.3, -0.25) is 0 Å². The van der Waals surface area contributed by atoms with Gasteiger partial charge in [0.2, 0.25) is 0 Å². The summed E-state index contributed by atoms with van der Waals surface area (Å²) in [6.07, 6.45) is 3.48. The molecule has 6 heteroatoms. The highest BCUT2D eigenvalue weighted by Crippen LogP contribution is 2.42. The van der Waals surface area contributed by atoms with Crippen molar-refractivity contribution in [2.24, 2.45) is 5.41 Å². The minimum atomic E-state index is -0.313. The lowest BCUT2D eigenvalue weighted by atomic mass is 9.82. The van der Waals surface area contributed by atoms with E-state index in [1.165, 1.54) is 11.3 Å². The van der Waals surface area contributed by atoms with Crippen LogP contribution in [0.5, 0.6) is 11.5 Å². The highest BCUT2D eigenvalue weighted by molar-refractivity contribution is 7.18. The van der Waals surface area contributed by atoms with Gasteiger partial charge in [-0.1, -0.05) is 43.4 Å². The van der Waals surface area contributed by atoms with Crippen LogP contribution in [0, 0.1) is 5.41 Å². The van der Waals surface area contributed by atoms with E-state index in [9.17, 15) is 4.79 Å². The van der Waals surface area contributed by atoms with Crippen molar-refractivity contribution in [2.75, 3.05) is 24.6 Å². The van der Waals surface area contributed by atoms with E-state index in [1.54, 1.807) is 0 Å². The lowest BCUT2D eigenvalue weighted by Crippen LogP contribution is -2.25. The number of rotatable bonds is 8. The third-order valence-electron chi connectivity index (χ3n) is 6.39. The summed E-state index contributed by atoms with van der Waals surface area (Å²) in [7, 11) is 0. The van der Waals surface area contributed by atoms with Gasteiger partial charge < -0.3 is 14.4 Å². The SMILES string of the molecule is CCOC(=O)c1sc(N2CCC(CC)(CC)C2)nc1-c1ccc(Oc2ccccc2)cc1. The van der Waals surface area contributed by atoms with E-state index in [2.05, 4.69) is 18.7 Å². The van der Waals surface area contributed by atoms with Crippen LogP contribution >= 0.6 is 11.3 Å². The quantitative estimate of drug-likeness (QED) is 0.353. The number of benzene rings is 2. The molecule has 0 atom stereocenters. The molecule has 0 N–H and O–H groups in total. The molecule has 168 valence electrons. The van der Waals surface area contributed by atoms with Crippen LogP contribution in [0.3, 0.4) is 0 Å². The first-order chi connectivity index (χ1) is 15.6. The molecule has 0 radical (unpaired) electrons. The van der Waals surface area contributed by atoms with E-state index in [-0.39, 0.29) is 5.97 Å². The number of anilines is 1. The molecular formula is C26H30N2O3S. The van der Waals surface area contributed by atoms with Crippen LogP contribution < -0.4 is 9.64 Å². The van der Waals surface area contributed by atoms with Crippen molar-refractivity contribution < 1.29 is 14.3 Å². The Morgan fingerprint density at radius 1 is 1.03 bits per heavy atom. The fourth-order valence-electron chi connectivity index (χ4n) is 4.21. The Morgan fingerprint density at radius 3 is 2.34 bits per heavy atom. The molecule has 0 amide bonds. The van der Waals surface area contributed by atoms with Crippen LogP contribution in [0.15, 0.2) is 54.6 Å². The summed E-state index contributed by atoms with van der Waals surface area (Å²) in [5.41, 5.74) is 1.90. The van der Waals surface area contributed by atoms with Gasteiger partial charge in [-0.05, 0) is 68.0 Å². The van der Waals surface area contributed by atoms with Crippen LogP contribution in [0.25, 0.3) is 11.3 Å². The second-order valence-corrected chi connectivity index (χ2v) is 9.19. The van der Waals surface area contributed by atoms with Crippen molar-refractivity contribution >= 4 is 22.4 Å². The number of aromatic nitrogens is 1. The molecule has 2 aromatic carbocycles. The van der Waals surface area contributed by atoms with Gasteiger partial charge in [0.25, 0.3) is 0 Å². The molecule has 1 aromatic heterocycles. The van der Waals surface area contributed by atoms with Gasteiger partial charge in [-0.15, -0.1) is 0 Å². The summed E-state index contributed by atoms with van der Waals surface area (Å²) in [5.74, 6) is 1.21. The van der Waals surface area contributed by atoms with Gasteiger partial charge in [-0.2, -0.15) is 0 Å². The minimum absolute atomic E-state index is 0.313. The zero-order valence-electron chi connectivity index (χ0n) is 19.0. The molecule has 5 nitrogen and oxygen atoms in total. The summed E-state index contributed by atoms with van der Waals surface area (Å²) in [4.78, 5) is 20.5. The molecular weight excluding hydrogens is 420 g/mol. The number of ether oxygens (including phenoxy) is 2. The molecule has 1 fully saturated rings. The molecule has 1 aliphatic heterocycles. The third kappa shape index (κ3) is 4.65. The molecule has 0 bridgehead atoms. The smallest absolute Gasteiger partial charge is 0.350 e. The van der Waals surface area contributed by atoms with Crippen molar-refractivity contribution in [3.05, 3.63) is 59.5 Å². The lowest BCUT2D eigenvalue weighted by molar-refractivity contribution is 0.0532. The van der Waals surface area contributed by atoms with E-state index >= 15 is 0 Å². The number of esters is 1. The summed E-state index contributed by atoms with van der Waals surface area (Å²) in [6.45, 7) is 8.66. The van der Waals surface area contributed by atoms with Crippen LogP contribution in [-0.2, 0) is 4.74 Å². The Labute approximate surface area is 194 Å². The monoisotopic (exact) mass is 450 g/mol. The van der Waals surface area contributed by atoms with Gasteiger partial charge in [0, 0.05) is 18.7 Å². The molecule has 1 saturated heterocycles. The average molecular weight is 451 g/mol. The Balaban J connectivity index is 1.61. The molecule has 3 aromatic rings. The van der Waals surface area contributed by atoms with Crippen LogP contribution in [0.2, 0.25) is 0 Å². The van der Waals surface area contributed by atoms with Crippen molar-refractivity contribution in [3.8, 4) is 22.8 Å². The van der Waals surface area contributed by atoms with Gasteiger partial charge in [-0.25, -0.2) is 9.78 Å². The highest BCUT2D eigenvalue weighted by atomic mass is 32.1. The van der Waals surface area contributed by atoms with E-state index < -0.39 is 0 Å².